The highest BCUT2D eigenvalue weighted by Crippen LogP contribution is 2.20. The van der Waals surface area contributed by atoms with E-state index < -0.39 is 0 Å². The average molecular weight is 387 g/mol. The van der Waals surface area contributed by atoms with Gasteiger partial charge >= 0.3 is 0 Å². The molecule has 7 heteroatoms. The zero-order chi connectivity index (χ0) is 18.4. The minimum atomic E-state index is -0.0375. The fourth-order valence-electron chi connectivity index (χ4n) is 2.39. The lowest BCUT2D eigenvalue weighted by atomic mass is 10.1. The molecule has 26 heavy (non-hydrogen) atoms. The Bertz CT molecular complexity index is 879. The Morgan fingerprint density at radius 2 is 1.96 bits per heavy atom. The first-order valence-corrected chi connectivity index (χ1v) is 9.50. The molecule has 3 aromatic rings. The molecule has 0 saturated carbocycles. The molecule has 2 N–H and O–H groups in total. The van der Waals surface area contributed by atoms with Gasteiger partial charge < -0.3 is 10.6 Å². The number of aryl methyl sites for hydroxylation is 1. The molecule has 0 bridgehead atoms. The van der Waals surface area contributed by atoms with Crippen molar-refractivity contribution < 1.29 is 4.79 Å². The van der Waals surface area contributed by atoms with E-state index in [4.69, 9.17) is 11.6 Å². The molecule has 134 valence electrons. The summed E-state index contributed by atoms with van der Waals surface area (Å²) in [4.78, 5) is 20.9. The van der Waals surface area contributed by atoms with Crippen molar-refractivity contribution in [3.63, 3.8) is 0 Å². The van der Waals surface area contributed by atoms with Gasteiger partial charge in [0.1, 0.15) is 5.82 Å². The standard InChI is InChI=1S/C19H19ClN4OS/c1-13-3-2-4-17(22-13)24-19-23-16(12-26-19)11-18(25)21-10-9-14-5-7-15(20)8-6-14/h2-8,12H,9-11H2,1H3,(H,21,25)(H,22,23,24). The molecule has 0 spiro atoms. The van der Waals surface area contributed by atoms with E-state index in [0.29, 0.717) is 11.6 Å². The summed E-state index contributed by atoms with van der Waals surface area (Å²) < 4.78 is 0. The van der Waals surface area contributed by atoms with Gasteiger partial charge in [-0.15, -0.1) is 11.3 Å². The van der Waals surface area contributed by atoms with Crippen LogP contribution in [0.15, 0.2) is 47.8 Å². The molecule has 1 amide bonds. The first-order chi connectivity index (χ1) is 12.6. The molecule has 0 aliphatic heterocycles. The van der Waals surface area contributed by atoms with Crippen molar-refractivity contribution >= 4 is 39.8 Å². The van der Waals surface area contributed by atoms with Crippen LogP contribution in [0.5, 0.6) is 0 Å². The zero-order valence-corrected chi connectivity index (χ0v) is 15.9. The third-order valence-electron chi connectivity index (χ3n) is 3.67. The Labute approximate surface area is 161 Å². The predicted molar refractivity (Wildman–Crippen MR) is 106 cm³/mol. The van der Waals surface area contributed by atoms with Crippen LogP contribution in [-0.4, -0.2) is 22.4 Å². The summed E-state index contributed by atoms with van der Waals surface area (Å²) in [6.45, 7) is 2.52. The number of carbonyl (C=O) groups is 1. The van der Waals surface area contributed by atoms with E-state index in [0.717, 1.165) is 34.3 Å². The second-order valence-corrected chi connectivity index (χ2v) is 7.13. The second kappa shape index (κ2) is 8.78. The van der Waals surface area contributed by atoms with E-state index >= 15 is 0 Å². The number of amides is 1. The number of hydrogen-bond donors (Lipinski definition) is 2. The van der Waals surface area contributed by atoms with Crippen LogP contribution in [-0.2, 0) is 17.6 Å². The Hall–Kier alpha value is -2.44. The fraction of sp³-hybridized carbons (Fsp3) is 0.211. The van der Waals surface area contributed by atoms with Crippen LogP contribution in [0.4, 0.5) is 10.9 Å². The Morgan fingerprint density at radius 1 is 1.15 bits per heavy atom. The van der Waals surface area contributed by atoms with Crippen LogP contribution in [0, 0.1) is 6.92 Å². The summed E-state index contributed by atoms with van der Waals surface area (Å²) in [5, 5.41) is 9.41. The van der Waals surface area contributed by atoms with Crippen molar-refractivity contribution in [3.05, 3.63) is 69.8 Å². The van der Waals surface area contributed by atoms with Crippen molar-refractivity contribution in [2.75, 3.05) is 11.9 Å². The molecule has 2 heterocycles. The topological polar surface area (TPSA) is 66.9 Å². The Morgan fingerprint density at radius 3 is 2.73 bits per heavy atom. The lowest BCUT2D eigenvalue weighted by molar-refractivity contribution is -0.120. The predicted octanol–water partition coefficient (Wildman–Crippen LogP) is 4.14. The highest BCUT2D eigenvalue weighted by Gasteiger charge is 2.08. The van der Waals surface area contributed by atoms with Crippen molar-refractivity contribution in [2.45, 2.75) is 19.8 Å². The first kappa shape index (κ1) is 18.4. The maximum atomic E-state index is 12.1. The summed E-state index contributed by atoms with van der Waals surface area (Å²) in [5.74, 6) is 0.711. The Balaban J connectivity index is 1.46. The van der Waals surface area contributed by atoms with E-state index in [1.165, 1.54) is 11.3 Å². The van der Waals surface area contributed by atoms with Gasteiger partial charge in [0, 0.05) is 22.6 Å². The monoisotopic (exact) mass is 386 g/mol. The van der Waals surface area contributed by atoms with Gasteiger partial charge in [0.25, 0.3) is 0 Å². The third kappa shape index (κ3) is 5.54. The molecule has 0 fully saturated rings. The zero-order valence-electron chi connectivity index (χ0n) is 14.3. The number of hydrogen-bond acceptors (Lipinski definition) is 5. The molecule has 0 saturated heterocycles. The molecule has 0 aliphatic rings. The molecule has 1 aromatic carbocycles. The number of rotatable bonds is 7. The number of thiazole rings is 1. The number of anilines is 2. The van der Waals surface area contributed by atoms with Crippen molar-refractivity contribution in [3.8, 4) is 0 Å². The normalized spacial score (nSPS) is 10.5. The summed E-state index contributed by atoms with van der Waals surface area (Å²) in [5.41, 5.74) is 2.82. The SMILES string of the molecule is Cc1cccc(Nc2nc(CC(=O)NCCc3ccc(Cl)cc3)cs2)n1. The van der Waals surface area contributed by atoms with Crippen molar-refractivity contribution in [2.24, 2.45) is 0 Å². The van der Waals surface area contributed by atoms with Gasteiger partial charge in [-0.05, 0) is 43.2 Å². The third-order valence-corrected chi connectivity index (χ3v) is 4.72. The van der Waals surface area contributed by atoms with Gasteiger partial charge in [0.05, 0.1) is 12.1 Å². The first-order valence-electron chi connectivity index (χ1n) is 8.25. The lowest BCUT2D eigenvalue weighted by Crippen LogP contribution is -2.27. The summed E-state index contributed by atoms with van der Waals surface area (Å²) in [7, 11) is 0. The molecule has 0 radical (unpaired) electrons. The van der Waals surface area contributed by atoms with Crippen LogP contribution in [0.25, 0.3) is 0 Å². The number of halogens is 1. The van der Waals surface area contributed by atoms with E-state index in [-0.39, 0.29) is 12.3 Å². The Kier molecular flexibility index (Phi) is 6.20. The van der Waals surface area contributed by atoms with E-state index in [1.807, 2.05) is 54.8 Å². The smallest absolute Gasteiger partial charge is 0.226 e. The molecule has 5 nitrogen and oxygen atoms in total. The van der Waals surface area contributed by atoms with Crippen LogP contribution in [0.1, 0.15) is 17.0 Å². The van der Waals surface area contributed by atoms with Gasteiger partial charge in [-0.1, -0.05) is 29.8 Å². The minimum Gasteiger partial charge on any atom is -0.355 e. The molecule has 0 unspecified atom stereocenters. The minimum absolute atomic E-state index is 0.0375. The molecular weight excluding hydrogens is 368 g/mol. The average Bonchev–Trinajstić information content (AvgIpc) is 3.03. The summed E-state index contributed by atoms with van der Waals surface area (Å²) in [6, 6.07) is 13.4. The highest BCUT2D eigenvalue weighted by atomic mass is 35.5. The number of carbonyl (C=O) groups excluding carboxylic acids is 1. The van der Waals surface area contributed by atoms with Crippen molar-refractivity contribution in [1.82, 2.24) is 15.3 Å². The molecular formula is C19H19ClN4OS. The lowest BCUT2D eigenvalue weighted by Gasteiger charge is -2.05. The van der Waals surface area contributed by atoms with Gasteiger partial charge in [-0.2, -0.15) is 0 Å². The molecule has 0 atom stereocenters. The maximum Gasteiger partial charge on any atom is 0.226 e. The van der Waals surface area contributed by atoms with Crippen LogP contribution in [0.2, 0.25) is 5.02 Å². The summed E-state index contributed by atoms with van der Waals surface area (Å²) in [6.07, 6.45) is 1.03. The van der Waals surface area contributed by atoms with Gasteiger partial charge in [-0.25, -0.2) is 9.97 Å². The number of benzene rings is 1. The van der Waals surface area contributed by atoms with Crippen LogP contribution in [0.3, 0.4) is 0 Å². The van der Waals surface area contributed by atoms with Crippen LogP contribution < -0.4 is 10.6 Å². The van der Waals surface area contributed by atoms with Gasteiger partial charge in [0.15, 0.2) is 5.13 Å². The van der Waals surface area contributed by atoms with Gasteiger partial charge in [0.2, 0.25) is 5.91 Å². The maximum absolute atomic E-state index is 12.1. The summed E-state index contributed by atoms with van der Waals surface area (Å²) >= 11 is 7.32. The second-order valence-electron chi connectivity index (χ2n) is 5.84. The van der Waals surface area contributed by atoms with Crippen LogP contribution >= 0.6 is 22.9 Å². The quantitative estimate of drug-likeness (QED) is 0.640. The van der Waals surface area contributed by atoms with Crippen molar-refractivity contribution in [1.29, 1.82) is 0 Å². The molecule has 0 aliphatic carbocycles. The van der Waals surface area contributed by atoms with E-state index in [1.54, 1.807) is 0 Å². The number of pyridine rings is 1. The van der Waals surface area contributed by atoms with Gasteiger partial charge in [-0.3, -0.25) is 4.79 Å². The molecule has 2 aromatic heterocycles. The van der Waals surface area contributed by atoms with E-state index in [9.17, 15) is 4.79 Å². The van der Waals surface area contributed by atoms with E-state index in [2.05, 4.69) is 20.6 Å². The molecule has 3 rings (SSSR count). The fourth-order valence-corrected chi connectivity index (χ4v) is 3.24. The number of aromatic nitrogens is 2. The largest absolute Gasteiger partial charge is 0.355 e. The number of nitrogens with one attached hydrogen (secondary N) is 2. The number of nitrogens with zero attached hydrogens (tertiary/aromatic N) is 2. The highest BCUT2D eigenvalue weighted by molar-refractivity contribution is 7.13.